The van der Waals surface area contributed by atoms with Gasteiger partial charge in [-0.15, -0.1) is 0 Å². The van der Waals surface area contributed by atoms with Crippen LogP contribution in [0.1, 0.15) is 26.2 Å². The van der Waals surface area contributed by atoms with Crippen LogP contribution in [0.4, 0.5) is 0 Å². The van der Waals surface area contributed by atoms with Gasteiger partial charge < -0.3 is 5.32 Å². The van der Waals surface area contributed by atoms with Gasteiger partial charge in [-0.3, -0.25) is 4.90 Å². The SMILES string of the molecule is CCC1CCCN1CC1CNCCS1. The zero-order valence-corrected chi connectivity index (χ0v) is 9.98. The molecule has 0 saturated carbocycles. The van der Waals surface area contributed by atoms with E-state index < -0.39 is 0 Å². The third-order valence-corrected chi connectivity index (χ3v) is 4.64. The molecule has 0 aliphatic carbocycles. The molecule has 0 bridgehead atoms. The van der Waals surface area contributed by atoms with E-state index in [2.05, 4.69) is 28.9 Å². The average Bonchev–Trinajstić information content (AvgIpc) is 2.67. The van der Waals surface area contributed by atoms with Gasteiger partial charge in [0.05, 0.1) is 0 Å². The molecule has 0 aromatic carbocycles. The quantitative estimate of drug-likeness (QED) is 0.768. The van der Waals surface area contributed by atoms with Crippen molar-refractivity contribution in [3.05, 3.63) is 0 Å². The minimum Gasteiger partial charge on any atom is -0.315 e. The minimum atomic E-state index is 0.843. The molecule has 2 fully saturated rings. The molecule has 82 valence electrons. The standard InChI is InChI=1S/C11H22N2S/c1-2-10-4-3-6-13(10)9-11-8-12-5-7-14-11/h10-12H,2-9H2,1H3. The molecule has 2 atom stereocenters. The Morgan fingerprint density at radius 1 is 1.50 bits per heavy atom. The van der Waals surface area contributed by atoms with Crippen LogP contribution in [0, 0.1) is 0 Å². The second-order valence-corrected chi connectivity index (χ2v) is 5.80. The van der Waals surface area contributed by atoms with Gasteiger partial charge >= 0.3 is 0 Å². The van der Waals surface area contributed by atoms with Crippen LogP contribution in [0.2, 0.25) is 0 Å². The van der Waals surface area contributed by atoms with Crippen molar-refractivity contribution >= 4 is 11.8 Å². The van der Waals surface area contributed by atoms with E-state index in [0.29, 0.717) is 0 Å². The lowest BCUT2D eigenvalue weighted by Crippen LogP contribution is -2.42. The summed E-state index contributed by atoms with van der Waals surface area (Å²) in [5, 5.41) is 4.34. The maximum atomic E-state index is 3.49. The highest BCUT2D eigenvalue weighted by molar-refractivity contribution is 8.00. The summed E-state index contributed by atoms with van der Waals surface area (Å²) in [6.07, 6.45) is 4.19. The summed E-state index contributed by atoms with van der Waals surface area (Å²) in [5.41, 5.74) is 0. The fraction of sp³-hybridized carbons (Fsp3) is 1.00. The molecular weight excluding hydrogens is 192 g/mol. The number of nitrogens with zero attached hydrogens (tertiary/aromatic N) is 1. The van der Waals surface area contributed by atoms with E-state index in [1.54, 1.807) is 0 Å². The van der Waals surface area contributed by atoms with E-state index in [9.17, 15) is 0 Å². The predicted octanol–water partition coefficient (Wildman–Crippen LogP) is 1.57. The van der Waals surface area contributed by atoms with Gasteiger partial charge in [0.15, 0.2) is 0 Å². The molecule has 1 N–H and O–H groups in total. The molecule has 2 aliphatic rings. The van der Waals surface area contributed by atoms with Gasteiger partial charge in [0.1, 0.15) is 0 Å². The summed E-state index contributed by atoms with van der Waals surface area (Å²) in [4.78, 5) is 2.71. The Kier molecular flexibility index (Phi) is 4.14. The largest absolute Gasteiger partial charge is 0.315 e. The molecule has 0 aromatic rings. The molecule has 2 rings (SSSR count). The van der Waals surface area contributed by atoms with E-state index >= 15 is 0 Å². The Morgan fingerprint density at radius 2 is 2.43 bits per heavy atom. The Balaban J connectivity index is 1.77. The van der Waals surface area contributed by atoms with Crippen LogP contribution < -0.4 is 5.32 Å². The van der Waals surface area contributed by atoms with Crippen LogP contribution in [-0.4, -0.2) is 48.1 Å². The maximum Gasteiger partial charge on any atom is 0.0300 e. The van der Waals surface area contributed by atoms with Crippen LogP contribution in [0.15, 0.2) is 0 Å². The van der Waals surface area contributed by atoms with Crippen molar-refractivity contribution in [3.8, 4) is 0 Å². The van der Waals surface area contributed by atoms with E-state index in [1.807, 2.05) is 0 Å². The first-order valence-electron chi connectivity index (χ1n) is 5.96. The van der Waals surface area contributed by atoms with Crippen molar-refractivity contribution in [2.45, 2.75) is 37.5 Å². The molecule has 0 aromatic heterocycles. The average molecular weight is 214 g/mol. The first-order valence-corrected chi connectivity index (χ1v) is 7.01. The minimum absolute atomic E-state index is 0.843. The molecule has 2 aliphatic heterocycles. The van der Waals surface area contributed by atoms with E-state index in [-0.39, 0.29) is 0 Å². The monoisotopic (exact) mass is 214 g/mol. The molecule has 14 heavy (non-hydrogen) atoms. The number of hydrogen-bond donors (Lipinski definition) is 1. The maximum absolute atomic E-state index is 3.49. The predicted molar refractivity (Wildman–Crippen MR) is 64.0 cm³/mol. The number of rotatable bonds is 3. The number of hydrogen-bond acceptors (Lipinski definition) is 3. The van der Waals surface area contributed by atoms with Gasteiger partial charge in [-0.1, -0.05) is 6.92 Å². The highest BCUT2D eigenvalue weighted by Crippen LogP contribution is 2.23. The summed E-state index contributed by atoms with van der Waals surface area (Å²) in [7, 11) is 0. The first-order chi connectivity index (χ1) is 6.90. The fourth-order valence-corrected chi connectivity index (χ4v) is 3.72. The van der Waals surface area contributed by atoms with Crippen molar-refractivity contribution < 1.29 is 0 Å². The number of nitrogens with one attached hydrogen (secondary N) is 1. The molecular formula is C11H22N2S. The van der Waals surface area contributed by atoms with Crippen LogP contribution in [0.3, 0.4) is 0 Å². The lowest BCUT2D eigenvalue weighted by Gasteiger charge is -2.30. The number of likely N-dealkylation sites (tertiary alicyclic amines) is 1. The summed E-state index contributed by atoms with van der Waals surface area (Å²) >= 11 is 2.16. The molecule has 0 spiro atoms. The normalized spacial score (nSPS) is 34.9. The fourth-order valence-electron chi connectivity index (χ4n) is 2.60. The molecule has 2 nitrogen and oxygen atoms in total. The second kappa shape index (κ2) is 5.38. The van der Waals surface area contributed by atoms with Crippen LogP contribution in [0.5, 0.6) is 0 Å². The Labute approximate surface area is 91.8 Å². The third-order valence-electron chi connectivity index (χ3n) is 3.41. The molecule has 0 amide bonds. The van der Waals surface area contributed by atoms with Crippen molar-refractivity contribution in [1.82, 2.24) is 10.2 Å². The first kappa shape index (κ1) is 10.8. The van der Waals surface area contributed by atoms with Crippen molar-refractivity contribution in [1.29, 1.82) is 0 Å². The number of thioether (sulfide) groups is 1. The lowest BCUT2D eigenvalue weighted by molar-refractivity contribution is 0.247. The van der Waals surface area contributed by atoms with Crippen LogP contribution in [-0.2, 0) is 0 Å². The van der Waals surface area contributed by atoms with Gasteiger partial charge in [0, 0.05) is 36.7 Å². The zero-order chi connectivity index (χ0) is 9.80. The highest BCUT2D eigenvalue weighted by Gasteiger charge is 2.26. The van der Waals surface area contributed by atoms with Crippen molar-refractivity contribution in [2.24, 2.45) is 0 Å². The van der Waals surface area contributed by atoms with Gasteiger partial charge in [-0.05, 0) is 25.8 Å². The van der Waals surface area contributed by atoms with E-state index in [1.165, 1.54) is 51.2 Å². The smallest absolute Gasteiger partial charge is 0.0300 e. The molecule has 3 heteroatoms. The van der Waals surface area contributed by atoms with Gasteiger partial charge in [0.25, 0.3) is 0 Å². The van der Waals surface area contributed by atoms with Gasteiger partial charge in [-0.2, -0.15) is 11.8 Å². The van der Waals surface area contributed by atoms with Crippen LogP contribution in [0.25, 0.3) is 0 Å². The Bertz CT molecular complexity index is 169. The molecule has 2 unspecified atom stereocenters. The summed E-state index contributed by atoms with van der Waals surface area (Å²) in [5.74, 6) is 1.30. The Hall–Kier alpha value is 0.270. The van der Waals surface area contributed by atoms with E-state index in [4.69, 9.17) is 0 Å². The highest BCUT2D eigenvalue weighted by atomic mass is 32.2. The third kappa shape index (κ3) is 2.65. The Morgan fingerprint density at radius 3 is 3.14 bits per heavy atom. The summed E-state index contributed by atoms with van der Waals surface area (Å²) in [6, 6.07) is 0.887. The molecule has 0 radical (unpaired) electrons. The zero-order valence-electron chi connectivity index (χ0n) is 9.17. The van der Waals surface area contributed by atoms with Gasteiger partial charge in [0.2, 0.25) is 0 Å². The van der Waals surface area contributed by atoms with Crippen molar-refractivity contribution in [2.75, 3.05) is 31.9 Å². The van der Waals surface area contributed by atoms with Crippen LogP contribution >= 0.6 is 11.8 Å². The van der Waals surface area contributed by atoms with Gasteiger partial charge in [-0.25, -0.2) is 0 Å². The molecule has 2 saturated heterocycles. The molecule has 2 heterocycles. The lowest BCUT2D eigenvalue weighted by atomic mass is 10.1. The topological polar surface area (TPSA) is 15.3 Å². The summed E-state index contributed by atoms with van der Waals surface area (Å²) in [6.45, 7) is 7.41. The van der Waals surface area contributed by atoms with E-state index in [0.717, 1.165) is 11.3 Å². The second-order valence-electron chi connectivity index (χ2n) is 4.40. The summed E-state index contributed by atoms with van der Waals surface area (Å²) < 4.78 is 0. The van der Waals surface area contributed by atoms with Crippen molar-refractivity contribution in [3.63, 3.8) is 0 Å².